The zero-order chi connectivity index (χ0) is 33.6. The van der Waals surface area contributed by atoms with Crippen molar-refractivity contribution in [1.82, 2.24) is 19.9 Å². The van der Waals surface area contributed by atoms with E-state index in [9.17, 15) is 14.9 Å². The highest BCUT2D eigenvalue weighted by atomic mass is 27.2. The Kier molecular flexibility index (Phi) is 14.7. The Hall–Kier alpha value is -5.14. The first-order valence-electron chi connectivity index (χ1n) is 15.8. The fraction of sp³-hybridized carbons (Fsp3) is 0.184. The predicted octanol–water partition coefficient (Wildman–Crippen LogP) is 9.08. The first kappa shape index (κ1) is 37.3. The number of hydrogen-bond acceptors (Lipinski definition) is 7. The summed E-state index contributed by atoms with van der Waals surface area (Å²) in [6.07, 6.45) is 5.34. The Morgan fingerprint density at radius 1 is 0.604 bits per heavy atom. The molecule has 0 radical (unpaired) electrons. The van der Waals surface area contributed by atoms with Crippen molar-refractivity contribution in [1.29, 1.82) is 0 Å². The van der Waals surface area contributed by atoms with Gasteiger partial charge in [-0.2, -0.15) is 0 Å². The molecule has 0 unspecified atom stereocenters. The Morgan fingerprint density at radius 2 is 1.00 bits per heavy atom. The molecule has 0 aliphatic carbocycles. The number of pyridine rings is 4. The van der Waals surface area contributed by atoms with Crippen molar-refractivity contribution in [3.05, 3.63) is 138 Å². The van der Waals surface area contributed by atoms with Gasteiger partial charge in [-0.3, -0.25) is 29.9 Å². The first-order valence-corrected chi connectivity index (χ1v) is 18.2. The van der Waals surface area contributed by atoms with Gasteiger partial charge in [0.25, 0.3) is 19.8 Å². The summed E-state index contributed by atoms with van der Waals surface area (Å²) >= 11 is -0.171. The van der Waals surface area contributed by atoms with Gasteiger partial charge in [-0.1, -0.05) is 103 Å². The van der Waals surface area contributed by atoms with Crippen molar-refractivity contribution in [3.63, 3.8) is 0 Å². The number of ketones is 1. The van der Waals surface area contributed by atoms with Gasteiger partial charge in [0.2, 0.25) is 0 Å². The Bertz CT molecular complexity index is 2030. The number of para-hydroxylation sites is 1. The van der Waals surface area contributed by atoms with Crippen LogP contribution >= 0.6 is 0 Å². The van der Waals surface area contributed by atoms with Crippen LogP contribution in [0.5, 0.6) is 0 Å². The molecule has 10 heteroatoms. The molecule has 9 nitrogen and oxygen atoms in total. The summed E-state index contributed by atoms with van der Waals surface area (Å²) in [6.45, 7) is 8.49. The van der Waals surface area contributed by atoms with E-state index in [4.69, 9.17) is 0 Å². The van der Waals surface area contributed by atoms with Gasteiger partial charge in [0.1, 0.15) is 5.69 Å². The lowest BCUT2D eigenvalue weighted by Gasteiger charge is -2.03. The molecule has 0 atom stereocenters. The average molecular weight is 658 g/mol. The standard InChI is InChI=1S/C14H10N2O.C12H8N2.C6H5NO2.3C2H5.Al.H2O/c1-9(17)12-7-6-11-5-4-10-3-2-8-15-13(10)14(11)16-12;1-3-9-5-6-10-4-2-8-14-12(10)11(9)13-7-1;8-7(9)6-4-2-1-3-5-6;3*1-2;;/h2-8H,1H3;1-8H;1-5H;3*1H2,2H3;;1H2. The predicted molar refractivity (Wildman–Crippen MR) is 198 cm³/mol. The van der Waals surface area contributed by atoms with Gasteiger partial charge in [0.15, 0.2) is 5.78 Å². The van der Waals surface area contributed by atoms with Crippen LogP contribution in [0.3, 0.4) is 0 Å². The molecule has 3 aromatic carbocycles. The number of benzene rings is 3. The second-order valence-corrected chi connectivity index (χ2v) is 15.0. The summed E-state index contributed by atoms with van der Waals surface area (Å²) < 4.78 is 0. The van der Waals surface area contributed by atoms with E-state index in [0.717, 1.165) is 43.6 Å². The number of nitro benzene ring substituents is 1. The third kappa shape index (κ3) is 9.93. The molecule has 7 aromatic rings. The van der Waals surface area contributed by atoms with E-state index < -0.39 is 4.92 Å². The zero-order valence-corrected chi connectivity index (χ0v) is 28.9. The van der Waals surface area contributed by atoms with Crippen molar-refractivity contribution in [2.75, 3.05) is 0 Å². The number of aromatic nitrogens is 4. The smallest absolute Gasteiger partial charge is 0.269 e. The molecule has 0 saturated heterocycles. The molecule has 244 valence electrons. The van der Waals surface area contributed by atoms with Crippen LogP contribution in [0.4, 0.5) is 5.69 Å². The monoisotopic (exact) mass is 657 g/mol. The van der Waals surface area contributed by atoms with E-state index in [2.05, 4.69) is 65.0 Å². The van der Waals surface area contributed by atoms with Crippen LogP contribution in [0.25, 0.3) is 43.6 Å². The molecule has 0 amide bonds. The van der Waals surface area contributed by atoms with Crippen molar-refractivity contribution in [2.45, 2.75) is 43.5 Å². The van der Waals surface area contributed by atoms with E-state index in [1.54, 1.807) is 42.9 Å². The molecule has 7 rings (SSSR count). The van der Waals surface area contributed by atoms with Crippen LogP contribution in [-0.2, 0) is 0 Å². The van der Waals surface area contributed by atoms with Gasteiger partial charge < -0.3 is 5.48 Å². The Balaban J connectivity index is 0.000000183. The number of Topliss-reactive ketones (excluding diaryl/α,β-unsaturated/α-hetero) is 1. The van der Waals surface area contributed by atoms with Crippen LogP contribution in [0.2, 0.25) is 15.8 Å². The fourth-order valence-corrected chi connectivity index (χ4v) is 6.75. The summed E-state index contributed by atoms with van der Waals surface area (Å²) in [5.74, 6) is -0.0279. The third-order valence-corrected chi connectivity index (χ3v) is 11.3. The largest absolute Gasteiger partial charge is 0.412 e. The maximum Gasteiger partial charge on any atom is 0.269 e. The van der Waals surface area contributed by atoms with E-state index >= 15 is 0 Å². The molecule has 2 N–H and O–H groups in total. The van der Waals surface area contributed by atoms with E-state index in [1.807, 2.05) is 42.5 Å². The summed E-state index contributed by atoms with van der Waals surface area (Å²) in [5.41, 5.74) is 4.20. The number of non-ortho nitro benzene ring substituents is 1. The number of nitro groups is 1. The van der Waals surface area contributed by atoms with Gasteiger partial charge in [-0.05, 0) is 24.3 Å². The molecular formula is C38H40AlN5O4. The fourth-order valence-electron chi connectivity index (χ4n) is 5.02. The Morgan fingerprint density at radius 3 is 1.35 bits per heavy atom. The molecule has 4 heterocycles. The van der Waals surface area contributed by atoms with Gasteiger partial charge in [-0.15, -0.1) is 0 Å². The number of fused-ring (bicyclic) bond motifs is 6. The number of carbonyl (C=O) groups is 1. The summed E-state index contributed by atoms with van der Waals surface area (Å²) in [5, 5.41) is 18.8. The van der Waals surface area contributed by atoms with Crippen molar-refractivity contribution in [2.24, 2.45) is 0 Å². The minimum atomic E-state index is -0.417. The molecule has 0 saturated carbocycles. The third-order valence-electron chi connectivity index (χ3n) is 7.84. The van der Waals surface area contributed by atoms with Crippen LogP contribution in [0, 0.1) is 10.1 Å². The lowest BCUT2D eigenvalue weighted by Crippen LogP contribution is -2.04. The molecular weight excluding hydrogens is 617 g/mol. The highest BCUT2D eigenvalue weighted by Crippen LogP contribution is 2.22. The molecule has 0 bridgehead atoms. The number of hydrogen-bond donors (Lipinski definition) is 0. The average Bonchev–Trinajstić information content (AvgIpc) is 3.13. The molecule has 0 aliphatic rings. The van der Waals surface area contributed by atoms with Gasteiger partial charge in [0.05, 0.1) is 27.0 Å². The molecule has 0 spiro atoms. The van der Waals surface area contributed by atoms with Crippen molar-refractivity contribution >= 4 is 69.2 Å². The van der Waals surface area contributed by atoms with Crippen molar-refractivity contribution in [3.8, 4) is 0 Å². The van der Waals surface area contributed by atoms with E-state index in [0.29, 0.717) is 5.69 Å². The minimum Gasteiger partial charge on any atom is -0.412 e. The first-order chi connectivity index (χ1) is 22.9. The van der Waals surface area contributed by atoms with E-state index in [1.165, 1.54) is 34.9 Å². The molecule has 4 aromatic heterocycles. The highest BCUT2D eigenvalue weighted by Gasteiger charge is 2.07. The summed E-state index contributed by atoms with van der Waals surface area (Å²) in [6, 6.07) is 31.6. The summed E-state index contributed by atoms with van der Waals surface area (Å²) in [7, 11) is 0. The van der Waals surface area contributed by atoms with Crippen molar-refractivity contribution < 1.29 is 15.2 Å². The normalized spacial score (nSPS) is 10.0. The molecule has 0 aliphatic heterocycles. The van der Waals surface area contributed by atoms with Crippen LogP contribution in [0.15, 0.2) is 122 Å². The van der Waals surface area contributed by atoms with E-state index in [-0.39, 0.29) is 31.1 Å². The second kappa shape index (κ2) is 18.9. The zero-order valence-electron chi connectivity index (χ0n) is 27.7. The lowest BCUT2D eigenvalue weighted by atomic mass is 10.1. The van der Waals surface area contributed by atoms with Crippen LogP contribution in [0.1, 0.15) is 38.2 Å². The SMILES string of the molecule is CC(=O)c1ccc2ccc3cccnc3c2n1.C[CH2][Al]([CH2]C)[CH2]C.O.O=[N+]([O-])c1ccccc1.c1cnc2c(c1)ccc1cccnc12. The van der Waals surface area contributed by atoms with Crippen LogP contribution < -0.4 is 0 Å². The summed E-state index contributed by atoms with van der Waals surface area (Å²) in [4.78, 5) is 38.4. The van der Waals surface area contributed by atoms with Gasteiger partial charge in [-0.25, -0.2) is 4.98 Å². The quantitative estimate of drug-likeness (QED) is 0.0590. The molecule has 48 heavy (non-hydrogen) atoms. The van der Waals surface area contributed by atoms with Gasteiger partial charge >= 0.3 is 0 Å². The van der Waals surface area contributed by atoms with Crippen LogP contribution in [-0.4, -0.2) is 50.3 Å². The number of nitrogens with zero attached hydrogens (tertiary/aromatic N) is 5. The highest BCUT2D eigenvalue weighted by molar-refractivity contribution is 6.58. The Labute approximate surface area is 284 Å². The number of carbonyl (C=O) groups excluding carboxylic acids is 1. The minimum absolute atomic E-state index is 0. The van der Waals surface area contributed by atoms with Gasteiger partial charge in [0, 0.05) is 59.2 Å². The number of rotatable bonds is 5. The second-order valence-electron chi connectivity index (χ2n) is 10.9. The maximum absolute atomic E-state index is 11.3. The topological polar surface area (TPSA) is 143 Å². The maximum atomic E-state index is 11.3. The lowest BCUT2D eigenvalue weighted by molar-refractivity contribution is -0.384. The molecule has 0 fully saturated rings.